The smallest absolute Gasteiger partial charge is 0.416 e. The number of esters is 1. The molecule has 1 atom stereocenters. The minimum absolute atomic E-state index is 0.150. The second kappa shape index (κ2) is 7.10. The van der Waals surface area contributed by atoms with Crippen LogP contribution in [0.4, 0.5) is 13.2 Å². The molecular weight excluding hydrogens is 287 g/mol. The summed E-state index contributed by atoms with van der Waals surface area (Å²) in [6.45, 7) is 1.31. The molecule has 1 N–H and O–H groups in total. The first kappa shape index (κ1) is 17.0. The molecule has 0 heterocycles. The first-order chi connectivity index (χ1) is 9.74. The van der Waals surface area contributed by atoms with Crippen LogP contribution in [0.2, 0.25) is 0 Å². The van der Waals surface area contributed by atoms with E-state index in [0.717, 1.165) is 12.1 Å². The lowest BCUT2D eigenvalue weighted by atomic mass is 9.98. The minimum Gasteiger partial charge on any atom is -0.468 e. The van der Waals surface area contributed by atoms with Crippen molar-refractivity contribution in [1.82, 2.24) is 5.32 Å². The van der Waals surface area contributed by atoms with Gasteiger partial charge in [-0.2, -0.15) is 13.2 Å². The highest BCUT2D eigenvalue weighted by molar-refractivity contribution is 5.83. The van der Waals surface area contributed by atoms with E-state index in [1.54, 1.807) is 6.92 Å². The van der Waals surface area contributed by atoms with Crippen LogP contribution in [0, 0.1) is 5.92 Å². The number of hydrogen-bond acceptors (Lipinski definition) is 3. The van der Waals surface area contributed by atoms with Crippen molar-refractivity contribution in [1.29, 1.82) is 0 Å². The maximum Gasteiger partial charge on any atom is 0.416 e. The fraction of sp³-hybridized carbons (Fsp3) is 0.429. The average Bonchev–Trinajstić information content (AvgIpc) is 2.43. The van der Waals surface area contributed by atoms with E-state index in [0.29, 0.717) is 5.56 Å². The predicted octanol–water partition coefficient (Wildman–Crippen LogP) is 2.17. The van der Waals surface area contributed by atoms with Gasteiger partial charge < -0.3 is 10.1 Å². The summed E-state index contributed by atoms with van der Waals surface area (Å²) in [5, 5.41) is 2.36. The highest BCUT2D eigenvalue weighted by Gasteiger charge is 2.30. The molecule has 1 aromatic carbocycles. The zero-order valence-corrected chi connectivity index (χ0v) is 11.7. The first-order valence-corrected chi connectivity index (χ1v) is 6.24. The van der Waals surface area contributed by atoms with E-state index in [1.807, 2.05) is 0 Å². The molecule has 0 unspecified atom stereocenters. The van der Waals surface area contributed by atoms with Crippen molar-refractivity contribution in [2.75, 3.05) is 13.7 Å². The number of carbonyl (C=O) groups is 2. The Bertz CT molecular complexity index is 514. The summed E-state index contributed by atoms with van der Waals surface area (Å²) in [4.78, 5) is 22.6. The molecule has 0 aromatic heterocycles. The highest BCUT2D eigenvalue weighted by atomic mass is 19.4. The van der Waals surface area contributed by atoms with Crippen molar-refractivity contribution in [2.45, 2.75) is 19.5 Å². The fourth-order valence-electron chi connectivity index (χ4n) is 1.73. The summed E-state index contributed by atoms with van der Waals surface area (Å²) in [7, 11) is 1.19. The van der Waals surface area contributed by atoms with Crippen LogP contribution < -0.4 is 5.32 Å². The van der Waals surface area contributed by atoms with Gasteiger partial charge in [-0.25, -0.2) is 0 Å². The van der Waals surface area contributed by atoms with Crippen LogP contribution in [-0.4, -0.2) is 25.5 Å². The normalized spacial score (nSPS) is 12.6. The Labute approximate surface area is 120 Å². The molecule has 0 spiro atoms. The number of rotatable bonds is 5. The lowest BCUT2D eigenvalue weighted by molar-refractivity contribution is -0.141. The van der Waals surface area contributed by atoms with Crippen LogP contribution in [0.25, 0.3) is 0 Å². The first-order valence-electron chi connectivity index (χ1n) is 6.24. The highest BCUT2D eigenvalue weighted by Crippen LogP contribution is 2.29. The van der Waals surface area contributed by atoms with Crippen molar-refractivity contribution >= 4 is 11.9 Å². The van der Waals surface area contributed by atoms with Gasteiger partial charge in [-0.15, -0.1) is 0 Å². The molecule has 0 saturated carbocycles. The monoisotopic (exact) mass is 303 g/mol. The summed E-state index contributed by atoms with van der Waals surface area (Å²) < 4.78 is 42.1. The third-order valence-electron chi connectivity index (χ3n) is 2.88. The molecule has 0 aliphatic rings. The number of alkyl halides is 3. The van der Waals surface area contributed by atoms with E-state index in [4.69, 9.17) is 0 Å². The standard InChI is InChI=1S/C14H16F3NO3/c1-9(13(20)18-8-12(19)21-2)6-10-4-3-5-11(7-10)14(15,16)17/h3-5,7,9H,6,8H2,1-2H3,(H,18,20)/t9-/m0/s1. The number of halogens is 3. The van der Waals surface area contributed by atoms with Gasteiger partial charge in [0.2, 0.25) is 5.91 Å². The van der Waals surface area contributed by atoms with Gasteiger partial charge in [0.1, 0.15) is 6.54 Å². The summed E-state index contributed by atoms with van der Waals surface area (Å²) in [6, 6.07) is 4.83. The zero-order chi connectivity index (χ0) is 16.0. The van der Waals surface area contributed by atoms with E-state index in [-0.39, 0.29) is 13.0 Å². The van der Waals surface area contributed by atoms with Gasteiger partial charge >= 0.3 is 12.1 Å². The van der Waals surface area contributed by atoms with Gasteiger partial charge in [0.25, 0.3) is 0 Å². The molecule has 0 fully saturated rings. The van der Waals surface area contributed by atoms with Crippen LogP contribution in [0.1, 0.15) is 18.1 Å². The molecule has 1 aromatic rings. The van der Waals surface area contributed by atoms with Crippen LogP contribution >= 0.6 is 0 Å². The fourth-order valence-corrected chi connectivity index (χ4v) is 1.73. The number of ether oxygens (including phenoxy) is 1. The summed E-state index contributed by atoms with van der Waals surface area (Å²) in [5.41, 5.74) is -0.340. The van der Waals surface area contributed by atoms with E-state index in [2.05, 4.69) is 10.1 Å². The van der Waals surface area contributed by atoms with Crippen molar-refractivity contribution in [3.63, 3.8) is 0 Å². The largest absolute Gasteiger partial charge is 0.468 e. The minimum atomic E-state index is -4.41. The van der Waals surface area contributed by atoms with Crippen LogP contribution in [0.5, 0.6) is 0 Å². The molecule has 1 rings (SSSR count). The molecule has 1 amide bonds. The molecule has 7 heteroatoms. The molecule has 0 saturated heterocycles. The molecule has 0 aliphatic heterocycles. The number of amides is 1. The van der Waals surface area contributed by atoms with Gasteiger partial charge in [-0.3, -0.25) is 9.59 Å². The van der Waals surface area contributed by atoms with E-state index in [9.17, 15) is 22.8 Å². The number of benzene rings is 1. The molecule has 0 aliphatic carbocycles. The van der Waals surface area contributed by atoms with Gasteiger partial charge in [0, 0.05) is 5.92 Å². The predicted molar refractivity (Wildman–Crippen MR) is 69.3 cm³/mol. The quantitative estimate of drug-likeness (QED) is 0.848. The van der Waals surface area contributed by atoms with Gasteiger partial charge in [-0.1, -0.05) is 25.1 Å². The Hall–Kier alpha value is -2.05. The SMILES string of the molecule is COC(=O)CNC(=O)[C@@H](C)Cc1cccc(C(F)(F)F)c1. The maximum atomic E-state index is 12.6. The molecule has 21 heavy (non-hydrogen) atoms. The zero-order valence-electron chi connectivity index (χ0n) is 11.7. The molecule has 0 bridgehead atoms. The number of carbonyl (C=O) groups excluding carboxylic acids is 2. The maximum absolute atomic E-state index is 12.6. The van der Waals surface area contributed by atoms with E-state index < -0.39 is 29.5 Å². The van der Waals surface area contributed by atoms with Crippen molar-refractivity contribution in [2.24, 2.45) is 5.92 Å². The number of nitrogens with one attached hydrogen (secondary N) is 1. The lowest BCUT2D eigenvalue weighted by Gasteiger charge is -2.13. The van der Waals surface area contributed by atoms with Crippen molar-refractivity contribution in [3.8, 4) is 0 Å². The Balaban J connectivity index is 2.64. The summed E-state index contributed by atoms with van der Waals surface area (Å²) >= 11 is 0. The topological polar surface area (TPSA) is 55.4 Å². The summed E-state index contributed by atoms with van der Waals surface area (Å²) in [5.74, 6) is -1.56. The van der Waals surface area contributed by atoms with E-state index >= 15 is 0 Å². The van der Waals surface area contributed by atoms with Gasteiger partial charge in [-0.05, 0) is 18.1 Å². The molecular formula is C14H16F3NO3. The molecule has 0 radical (unpaired) electrons. The Morgan fingerprint density at radius 2 is 2.00 bits per heavy atom. The van der Waals surface area contributed by atoms with Gasteiger partial charge in [0.05, 0.1) is 12.7 Å². The average molecular weight is 303 g/mol. The van der Waals surface area contributed by atoms with E-state index in [1.165, 1.54) is 19.2 Å². The molecule has 4 nitrogen and oxygen atoms in total. The van der Waals surface area contributed by atoms with Crippen molar-refractivity contribution < 1.29 is 27.5 Å². The van der Waals surface area contributed by atoms with Crippen LogP contribution in [0.15, 0.2) is 24.3 Å². The number of methoxy groups -OCH3 is 1. The second-order valence-electron chi connectivity index (χ2n) is 4.60. The Morgan fingerprint density at radius 3 is 2.57 bits per heavy atom. The summed E-state index contributed by atoms with van der Waals surface area (Å²) in [6.07, 6.45) is -4.26. The third-order valence-corrected chi connectivity index (χ3v) is 2.88. The van der Waals surface area contributed by atoms with Gasteiger partial charge in [0.15, 0.2) is 0 Å². The third kappa shape index (κ3) is 5.45. The number of hydrogen-bond donors (Lipinski definition) is 1. The molecule has 116 valence electrons. The van der Waals surface area contributed by atoms with Crippen LogP contribution in [0.3, 0.4) is 0 Å². The Kier molecular flexibility index (Phi) is 5.75. The van der Waals surface area contributed by atoms with Crippen LogP contribution in [-0.2, 0) is 26.9 Å². The van der Waals surface area contributed by atoms with Crippen molar-refractivity contribution in [3.05, 3.63) is 35.4 Å². The second-order valence-corrected chi connectivity index (χ2v) is 4.60. The lowest BCUT2D eigenvalue weighted by Crippen LogP contribution is -2.34. The Morgan fingerprint density at radius 1 is 1.33 bits per heavy atom.